The highest BCUT2D eigenvalue weighted by Gasteiger charge is 2.13. The van der Waals surface area contributed by atoms with E-state index in [0.717, 1.165) is 24.5 Å². The fourth-order valence-electron chi connectivity index (χ4n) is 1.94. The van der Waals surface area contributed by atoms with Crippen molar-refractivity contribution in [3.63, 3.8) is 0 Å². The molecular formula is C11H15FN2O2S. The smallest absolute Gasteiger partial charge is 0.302 e. The van der Waals surface area contributed by atoms with E-state index in [-0.39, 0.29) is 6.42 Å². The van der Waals surface area contributed by atoms with Crippen LogP contribution in [0.5, 0.6) is 0 Å². The minimum absolute atomic E-state index is 0.173. The van der Waals surface area contributed by atoms with Crippen LogP contribution in [0.3, 0.4) is 0 Å². The Labute approximate surface area is 101 Å². The average Bonchev–Trinajstić information content (AvgIpc) is 2.79. The molecule has 1 fully saturated rings. The van der Waals surface area contributed by atoms with Gasteiger partial charge in [-0.15, -0.1) is 3.89 Å². The van der Waals surface area contributed by atoms with Gasteiger partial charge >= 0.3 is 10.2 Å². The second-order valence-corrected chi connectivity index (χ2v) is 5.70. The first-order valence-electron chi connectivity index (χ1n) is 5.67. The van der Waals surface area contributed by atoms with Crippen molar-refractivity contribution in [1.82, 2.24) is 4.98 Å². The van der Waals surface area contributed by atoms with Gasteiger partial charge < -0.3 is 4.90 Å². The average molecular weight is 258 g/mol. The Morgan fingerprint density at radius 3 is 2.53 bits per heavy atom. The molecular weight excluding hydrogens is 243 g/mol. The lowest BCUT2D eigenvalue weighted by Gasteiger charge is -2.16. The number of halogens is 1. The minimum Gasteiger partial charge on any atom is -0.357 e. The maximum atomic E-state index is 12.3. The highest BCUT2D eigenvalue weighted by atomic mass is 32.3. The Morgan fingerprint density at radius 2 is 2.00 bits per heavy atom. The third kappa shape index (κ3) is 3.66. The van der Waals surface area contributed by atoms with Gasteiger partial charge in [0.1, 0.15) is 5.82 Å². The summed E-state index contributed by atoms with van der Waals surface area (Å²) in [5.74, 6) is 0.437. The van der Waals surface area contributed by atoms with Crippen molar-refractivity contribution in [1.29, 1.82) is 0 Å². The highest BCUT2D eigenvalue weighted by molar-refractivity contribution is 7.86. The molecule has 0 radical (unpaired) electrons. The zero-order chi connectivity index (χ0) is 12.3. The van der Waals surface area contributed by atoms with E-state index in [2.05, 4.69) is 9.88 Å². The Balaban J connectivity index is 1.97. The van der Waals surface area contributed by atoms with E-state index in [1.165, 1.54) is 12.8 Å². The van der Waals surface area contributed by atoms with Gasteiger partial charge in [0, 0.05) is 19.3 Å². The molecule has 0 bridgehead atoms. The number of hydrogen-bond acceptors (Lipinski definition) is 4. The van der Waals surface area contributed by atoms with Crippen LogP contribution in [-0.4, -0.2) is 32.2 Å². The number of hydrogen-bond donors (Lipinski definition) is 0. The predicted octanol–water partition coefficient (Wildman–Crippen LogP) is 1.52. The summed E-state index contributed by atoms with van der Waals surface area (Å²) in [5, 5.41) is 0. The summed E-state index contributed by atoms with van der Waals surface area (Å²) in [6.07, 6.45) is 4.16. The highest BCUT2D eigenvalue weighted by Crippen LogP contribution is 2.17. The molecule has 2 heterocycles. The quantitative estimate of drug-likeness (QED) is 0.768. The molecule has 0 atom stereocenters. The standard InChI is InChI=1S/C11H15FN2O2S/c12-17(15,16)8-5-10-3-4-11(13-9-10)14-6-1-2-7-14/h3-4,9H,1-2,5-8H2. The van der Waals surface area contributed by atoms with Gasteiger partial charge in [-0.25, -0.2) is 4.98 Å². The molecule has 1 saturated heterocycles. The molecule has 0 saturated carbocycles. The molecule has 0 aromatic carbocycles. The van der Waals surface area contributed by atoms with E-state index < -0.39 is 16.0 Å². The summed E-state index contributed by atoms with van der Waals surface area (Å²) in [6.45, 7) is 2.04. The summed E-state index contributed by atoms with van der Waals surface area (Å²) in [7, 11) is -4.39. The Hall–Kier alpha value is -1.17. The zero-order valence-electron chi connectivity index (χ0n) is 9.47. The van der Waals surface area contributed by atoms with Crippen molar-refractivity contribution in [2.24, 2.45) is 0 Å². The van der Waals surface area contributed by atoms with Crippen molar-refractivity contribution in [3.8, 4) is 0 Å². The summed E-state index contributed by atoms with van der Waals surface area (Å²) in [6, 6.07) is 3.68. The lowest BCUT2D eigenvalue weighted by atomic mass is 10.2. The van der Waals surface area contributed by atoms with Gasteiger partial charge in [-0.05, 0) is 30.9 Å². The van der Waals surface area contributed by atoms with Gasteiger partial charge in [0.15, 0.2) is 0 Å². The molecule has 0 unspecified atom stereocenters. The maximum absolute atomic E-state index is 12.3. The van der Waals surface area contributed by atoms with Crippen LogP contribution in [-0.2, 0) is 16.6 Å². The van der Waals surface area contributed by atoms with Crippen LogP contribution in [0.2, 0.25) is 0 Å². The molecule has 0 spiro atoms. The lowest BCUT2D eigenvalue weighted by molar-refractivity contribution is 0.551. The second-order valence-electron chi connectivity index (χ2n) is 4.21. The topological polar surface area (TPSA) is 50.3 Å². The zero-order valence-corrected chi connectivity index (χ0v) is 10.3. The van der Waals surface area contributed by atoms with E-state index >= 15 is 0 Å². The van der Waals surface area contributed by atoms with Crippen LogP contribution >= 0.6 is 0 Å². The molecule has 1 aromatic rings. The third-order valence-corrected chi connectivity index (χ3v) is 3.57. The normalized spacial score (nSPS) is 16.4. The fraction of sp³-hybridized carbons (Fsp3) is 0.545. The summed E-state index contributed by atoms with van der Waals surface area (Å²) in [5.41, 5.74) is 0.745. The van der Waals surface area contributed by atoms with Gasteiger partial charge in [0.05, 0.1) is 5.75 Å². The van der Waals surface area contributed by atoms with Gasteiger partial charge in [-0.1, -0.05) is 6.07 Å². The van der Waals surface area contributed by atoms with Crippen molar-refractivity contribution < 1.29 is 12.3 Å². The molecule has 0 N–H and O–H groups in total. The summed E-state index contributed by atoms with van der Waals surface area (Å²) < 4.78 is 33.1. The molecule has 2 rings (SSSR count). The molecule has 0 aliphatic carbocycles. The van der Waals surface area contributed by atoms with Crippen molar-refractivity contribution in [2.45, 2.75) is 19.3 Å². The first kappa shape index (κ1) is 12.3. The Bertz CT molecular complexity index is 467. The van der Waals surface area contributed by atoms with Crippen LogP contribution in [0.25, 0.3) is 0 Å². The number of aryl methyl sites for hydroxylation is 1. The van der Waals surface area contributed by atoms with E-state index in [9.17, 15) is 12.3 Å². The first-order chi connectivity index (χ1) is 8.04. The van der Waals surface area contributed by atoms with E-state index in [4.69, 9.17) is 0 Å². The largest absolute Gasteiger partial charge is 0.357 e. The molecule has 17 heavy (non-hydrogen) atoms. The first-order valence-corrected chi connectivity index (χ1v) is 7.22. The van der Waals surface area contributed by atoms with Crippen LogP contribution in [0, 0.1) is 0 Å². The molecule has 94 valence electrons. The molecule has 1 aliphatic rings. The van der Waals surface area contributed by atoms with E-state index in [1.54, 1.807) is 6.20 Å². The number of nitrogens with zero attached hydrogens (tertiary/aromatic N) is 2. The number of anilines is 1. The molecule has 1 aliphatic heterocycles. The van der Waals surface area contributed by atoms with Crippen molar-refractivity contribution >= 4 is 16.0 Å². The number of pyridine rings is 1. The molecule has 1 aromatic heterocycles. The van der Waals surface area contributed by atoms with Crippen molar-refractivity contribution in [2.75, 3.05) is 23.7 Å². The van der Waals surface area contributed by atoms with Gasteiger partial charge in [-0.2, -0.15) is 8.42 Å². The summed E-state index contributed by atoms with van der Waals surface area (Å²) >= 11 is 0. The van der Waals surface area contributed by atoms with Gasteiger partial charge in [0.25, 0.3) is 0 Å². The SMILES string of the molecule is O=S(=O)(F)CCc1ccc(N2CCCC2)nc1. The predicted molar refractivity (Wildman–Crippen MR) is 64.3 cm³/mol. The minimum atomic E-state index is -4.39. The lowest BCUT2D eigenvalue weighted by Crippen LogP contribution is -2.18. The number of aromatic nitrogens is 1. The van der Waals surface area contributed by atoms with Crippen LogP contribution in [0.1, 0.15) is 18.4 Å². The monoisotopic (exact) mass is 258 g/mol. The molecule has 6 heteroatoms. The Kier molecular flexibility index (Phi) is 3.61. The fourth-order valence-corrected chi connectivity index (χ4v) is 2.42. The maximum Gasteiger partial charge on any atom is 0.302 e. The van der Waals surface area contributed by atoms with Gasteiger partial charge in [0.2, 0.25) is 0 Å². The Morgan fingerprint density at radius 1 is 1.29 bits per heavy atom. The van der Waals surface area contributed by atoms with Crippen molar-refractivity contribution in [3.05, 3.63) is 23.9 Å². The van der Waals surface area contributed by atoms with E-state index in [1.807, 2.05) is 12.1 Å². The van der Waals surface area contributed by atoms with Crippen LogP contribution in [0.4, 0.5) is 9.70 Å². The second kappa shape index (κ2) is 5.00. The molecule has 0 amide bonds. The number of rotatable bonds is 4. The third-order valence-electron chi connectivity index (χ3n) is 2.87. The molecule has 4 nitrogen and oxygen atoms in total. The van der Waals surface area contributed by atoms with E-state index in [0.29, 0.717) is 0 Å². The summed E-state index contributed by atoms with van der Waals surface area (Å²) in [4.78, 5) is 6.46. The van der Waals surface area contributed by atoms with Crippen LogP contribution in [0.15, 0.2) is 18.3 Å². The van der Waals surface area contributed by atoms with Gasteiger partial charge in [-0.3, -0.25) is 0 Å². The van der Waals surface area contributed by atoms with Crippen LogP contribution < -0.4 is 4.90 Å².